The Labute approximate surface area is 164 Å². The Morgan fingerprint density at radius 1 is 1.17 bits per heavy atom. The Balaban J connectivity index is 1.81. The van der Waals surface area contributed by atoms with Gasteiger partial charge in [0.25, 0.3) is 0 Å². The van der Waals surface area contributed by atoms with Crippen molar-refractivity contribution in [1.82, 2.24) is 9.97 Å². The Morgan fingerprint density at radius 3 is 2.66 bits per heavy atom. The lowest BCUT2D eigenvalue weighted by Gasteiger charge is -2.20. The van der Waals surface area contributed by atoms with Gasteiger partial charge < -0.3 is 0 Å². The quantitative estimate of drug-likeness (QED) is 0.592. The van der Waals surface area contributed by atoms with E-state index in [1.54, 1.807) is 19.2 Å². The predicted octanol–water partition coefficient (Wildman–Crippen LogP) is 4.65. The third kappa shape index (κ3) is 3.12. The molecule has 6 nitrogen and oxygen atoms in total. The number of carbonyl (C=O) groups excluding carboxylic acids is 1. The first-order valence-electron chi connectivity index (χ1n) is 8.65. The lowest BCUT2D eigenvalue weighted by Crippen LogP contribution is -2.34. The number of rotatable bonds is 2. The molecule has 2 aromatic heterocycles. The lowest BCUT2D eigenvalue weighted by atomic mass is 10.1. The van der Waals surface area contributed by atoms with E-state index in [0.29, 0.717) is 11.3 Å². The molecule has 1 fully saturated rings. The molecule has 3 aromatic rings. The molecule has 0 aliphatic carbocycles. The lowest BCUT2D eigenvalue weighted by molar-refractivity contribution is -0.141. The van der Waals surface area contributed by atoms with Crippen LogP contribution in [0, 0.1) is 13.5 Å². The molecular weight excluding hydrogens is 383 g/mol. The van der Waals surface area contributed by atoms with Gasteiger partial charge in [-0.05, 0) is 18.6 Å². The molecule has 1 aliphatic rings. The van der Waals surface area contributed by atoms with Crippen molar-refractivity contribution in [1.29, 1.82) is 0 Å². The monoisotopic (exact) mass is 397 g/mol. The fraction of sp³-hybridized carbons (Fsp3) is 0.200. The summed E-state index contributed by atoms with van der Waals surface area (Å²) >= 11 is 0. The van der Waals surface area contributed by atoms with Gasteiger partial charge >= 0.3 is 18.4 Å². The van der Waals surface area contributed by atoms with Gasteiger partial charge in [0.1, 0.15) is 12.2 Å². The number of anilines is 2. The topological polar surface area (TPSA) is 53.7 Å². The van der Waals surface area contributed by atoms with E-state index < -0.39 is 24.1 Å². The highest BCUT2D eigenvalue weighted by Crippen LogP contribution is 2.36. The molecule has 1 saturated heterocycles. The van der Waals surface area contributed by atoms with E-state index in [1.165, 1.54) is 16.0 Å². The standard InChI is InChI=1S/C20H14F3N5O/c1-12-8-26-17(20(21,22)23)7-15(12)27-11-18(24-2)28(19(27)29)16-10-25-9-13-5-3-4-6-14(13)16/h3-10,18H,11H2,1H3. The maximum absolute atomic E-state index is 13.2. The van der Waals surface area contributed by atoms with Crippen LogP contribution in [0.15, 0.2) is 48.9 Å². The summed E-state index contributed by atoms with van der Waals surface area (Å²) in [5.41, 5.74) is -0.149. The van der Waals surface area contributed by atoms with Gasteiger partial charge in [0.15, 0.2) is 0 Å². The largest absolute Gasteiger partial charge is 0.433 e. The van der Waals surface area contributed by atoms with Crippen LogP contribution in [0.4, 0.5) is 29.3 Å². The molecule has 0 spiro atoms. The van der Waals surface area contributed by atoms with Crippen molar-refractivity contribution in [2.45, 2.75) is 19.3 Å². The Morgan fingerprint density at radius 2 is 1.93 bits per heavy atom. The molecule has 3 heterocycles. The molecule has 1 aromatic carbocycles. The second-order valence-electron chi connectivity index (χ2n) is 6.61. The van der Waals surface area contributed by atoms with Crippen LogP contribution in [0.5, 0.6) is 0 Å². The van der Waals surface area contributed by atoms with Crippen molar-refractivity contribution in [2.24, 2.45) is 0 Å². The van der Waals surface area contributed by atoms with Crippen molar-refractivity contribution in [3.63, 3.8) is 0 Å². The number of hydrogen-bond acceptors (Lipinski definition) is 3. The van der Waals surface area contributed by atoms with Gasteiger partial charge in [-0.25, -0.2) is 16.3 Å². The average Bonchev–Trinajstić information content (AvgIpc) is 3.03. The normalized spacial score (nSPS) is 17.1. The summed E-state index contributed by atoms with van der Waals surface area (Å²) in [5.74, 6) is 0. The van der Waals surface area contributed by atoms with Crippen molar-refractivity contribution >= 4 is 28.2 Å². The molecule has 9 heteroatoms. The number of hydrogen-bond donors (Lipinski definition) is 0. The summed E-state index contributed by atoms with van der Waals surface area (Å²) in [5, 5.41) is 1.52. The van der Waals surface area contributed by atoms with E-state index in [4.69, 9.17) is 6.57 Å². The number of alkyl halides is 3. The summed E-state index contributed by atoms with van der Waals surface area (Å²) < 4.78 is 39.3. The molecule has 0 radical (unpaired) electrons. The van der Waals surface area contributed by atoms with E-state index >= 15 is 0 Å². The highest BCUT2D eigenvalue weighted by molar-refractivity contribution is 6.11. The third-order valence-electron chi connectivity index (χ3n) is 4.79. The summed E-state index contributed by atoms with van der Waals surface area (Å²) in [6, 6.07) is 7.55. The van der Waals surface area contributed by atoms with Gasteiger partial charge in [0.2, 0.25) is 0 Å². The number of nitrogens with zero attached hydrogens (tertiary/aromatic N) is 5. The summed E-state index contributed by atoms with van der Waals surface area (Å²) in [6.07, 6.45) is -1.31. The number of carbonyl (C=O) groups is 1. The zero-order valence-corrected chi connectivity index (χ0v) is 15.2. The van der Waals surface area contributed by atoms with Gasteiger partial charge in [-0.15, -0.1) is 0 Å². The summed E-state index contributed by atoms with van der Waals surface area (Å²) in [4.78, 5) is 26.8. The van der Waals surface area contributed by atoms with Crippen LogP contribution in [0.2, 0.25) is 0 Å². The first-order valence-corrected chi connectivity index (χ1v) is 8.65. The van der Waals surface area contributed by atoms with E-state index in [0.717, 1.165) is 23.0 Å². The van der Waals surface area contributed by atoms with Crippen molar-refractivity contribution < 1.29 is 18.0 Å². The molecule has 1 unspecified atom stereocenters. The van der Waals surface area contributed by atoms with E-state index in [9.17, 15) is 18.0 Å². The number of fused-ring (bicyclic) bond motifs is 1. The maximum Gasteiger partial charge on any atom is 0.433 e. The highest BCUT2D eigenvalue weighted by atomic mass is 19.4. The molecule has 0 bridgehead atoms. The third-order valence-corrected chi connectivity index (χ3v) is 4.79. The SMILES string of the molecule is [C-]#[N+]C1CN(c2cc(C(F)(F)F)ncc2C)C(=O)N1c1cncc2ccccc12. The second-order valence-corrected chi connectivity index (χ2v) is 6.61. The van der Waals surface area contributed by atoms with Gasteiger partial charge in [-0.1, -0.05) is 24.3 Å². The molecular formula is C20H14F3N5O. The average molecular weight is 397 g/mol. The molecule has 4 rings (SSSR count). The molecule has 146 valence electrons. The van der Waals surface area contributed by atoms with Crippen molar-refractivity contribution in [3.05, 3.63) is 71.6 Å². The Bertz CT molecular complexity index is 1150. The first-order chi connectivity index (χ1) is 13.8. The Kier molecular flexibility index (Phi) is 4.34. The van der Waals surface area contributed by atoms with Crippen LogP contribution in [0.3, 0.4) is 0 Å². The van der Waals surface area contributed by atoms with Crippen LogP contribution in [0.25, 0.3) is 15.6 Å². The molecule has 0 saturated carbocycles. The molecule has 1 aliphatic heterocycles. The van der Waals surface area contributed by atoms with E-state index in [1.807, 2.05) is 18.2 Å². The first kappa shape index (κ1) is 18.7. The number of halogens is 3. The van der Waals surface area contributed by atoms with Crippen LogP contribution < -0.4 is 9.80 Å². The molecule has 0 N–H and O–H groups in total. The summed E-state index contributed by atoms with van der Waals surface area (Å²) in [6.45, 7) is 9.03. The van der Waals surface area contributed by atoms with Gasteiger partial charge in [0, 0.05) is 23.2 Å². The number of pyridine rings is 2. The number of benzene rings is 1. The van der Waals surface area contributed by atoms with E-state index in [-0.39, 0.29) is 12.2 Å². The minimum absolute atomic E-state index is 0.0618. The number of aromatic nitrogens is 2. The van der Waals surface area contributed by atoms with Crippen LogP contribution in [-0.4, -0.2) is 28.7 Å². The minimum Gasteiger partial charge on any atom is -0.287 e. The zero-order chi connectivity index (χ0) is 20.8. The van der Waals surface area contributed by atoms with E-state index in [2.05, 4.69) is 14.8 Å². The van der Waals surface area contributed by atoms with Crippen LogP contribution in [0.1, 0.15) is 11.3 Å². The maximum atomic E-state index is 13.2. The highest BCUT2D eigenvalue weighted by Gasteiger charge is 2.45. The Hall–Kier alpha value is -3.67. The zero-order valence-electron chi connectivity index (χ0n) is 15.2. The van der Waals surface area contributed by atoms with Gasteiger partial charge in [0.05, 0.1) is 17.6 Å². The fourth-order valence-electron chi connectivity index (χ4n) is 3.40. The van der Waals surface area contributed by atoms with Crippen LogP contribution in [-0.2, 0) is 6.18 Å². The molecule has 1 atom stereocenters. The molecule has 29 heavy (non-hydrogen) atoms. The van der Waals surface area contributed by atoms with Gasteiger partial charge in [-0.3, -0.25) is 19.7 Å². The van der Waals surface area contributed by atoms with Crippen molar-refractivity contribution in [3.8, 4) is 0 Å². The predicted molar refractivity (Wildman–Crippen MR) is 101 cm³/mol. The molecule has 2 amide bonds. The fourth-order valence-corrected chi connectivity index (χ4v) is 3.40. The second kappa shape index (κ2) is 6.74. The smallest absolute Gasteiger partial charge is 0.287 e. The number of aryl methyl sites for hydroxylation is 1. The van der Waals surface area contributed by atoms with Crippen molar-refractivity contribution in [2.75, 3.05) is 16.3 Å². The van der Waals surface area contributed by atoms with Crippen LogP contribution >= 0.6 is 0 Å². The van der Waals surface area contributed by atoms with Gasteiger partial charge in [-0.2, -0.15) is 13.2 Å². The summed E-state index contributed by atoms with van der Waals surface area (Å²) in [7, 11) is 0. The number of urea groups is 1. The number of amides is 2. The minimum atomic E-state index is -4.64.